The third-order valence-corrected chi connectivity index (χ3v) is 8.01. The zero-order valence-corrected chi connectivity index (χ0v) is 21.3. The van der Waals surface area contributed by atoms with Crippen LogP contribution in [0.2, 0.25) is 10.0 Å². The van der Waals surface area contributed by atoms with Crippen LogP contribution in [0, 0.1) is 30.1 Å². The Morgan fingerprint density at radius 3 is 2.53 bits per heavy atom. The van der Waals surface area contributed by atoms with E-state index in [1.54, 1.807) is 54.6 Å². The number of hydrogen-bond donors (Lipinski definition) is 1. The van der Waals surface area contributed by atoms with E-state index in [0.717, 1.165) is 17.3 Å². The highest BCUT2D eigenvalue weighted by Crippen LogP contribution is 2.47. The van der Waals surface area contributed by atoms with Crippen molar-refractivity contribution in [3.8, 4) is 17.4 Å². The number of nitrogens with two attached hydrogens (primary N) is 1. The van der Waals surface area contributed by atoms with E-state index >= 15 is 0 Å². The van der Waals surface area contributed by atoms with Crippen LogP contribution in [0.15, 0.2) is 75.7 Å². The Balaban J connectivity index is 1.48. The average molecular weight is 536 g/mol. The number of allylic oxidation sites excluding steroid dienone is 2. The molecule has 1 aromatic heterocycles. The highest BCUT2D eigenvalue weighted by atomic mass is 35.5. The van der Waals surface area contributed by atoms with Crippen molar-refractivity contribution in [2.24, 2.45) is 17.6 Å². The van der Waals surface area contributed by atoms with Crippen LogP contribution in [0.1, 0.15) is 11.3 Å². The third-order valence-electron chi connectivity index (χ3n) is 6.24. The molecular formula is C27H19Cl2N3O3S. The van der Waals surface area contributed by atoms with E-state index in [9.17, 15) is 14.9 Å². The van der Waals surface area contributed by atoms with Gasteiger partial charge in [0, 0.05) is 16.5 Å². The van der Waals surface area contributed by atoms with Gasteiger partial charge in [0.05, 0.1) is 33.3 Å². The molecule has 180 valence electrons. The molecule has 1 fully saturated rings. The molecule has 0 saturated carbocycles. The quantitative estimate of drug-likeness (QED) is 0.399. The second-order valence-corrected chi connectivity index (χ2v) is 10.5. The maximum Gasteiger partial charge on any atom is 0.248 e. The van der Waals surface area contributed by atoms with E-state index < -0.39 is 17.1 Å². The van der Waals surface area contributed by atoms with E-state index in [1.807, 2.05) is 19.1 Å². The van der Waals surface area contributed by atoms with Crippen molar-refractivity contribution >= 4 is 58.5 Å². The summed E-state index contributed by atoms with van der Waals surface area (Å²) in [4.78, 5) is 28.0. The van der Waals surface area contributed by atoms with Crippen molar-refractivity contribution in [1.29, 1.82) is 5.26 Å². The Hall–Kier alpha value is -3.44. The number of carbonyl (C=O) groups excluding carboxylic acids is 2. The Kier molecular flexibility index (Phi) is 6.44. The van der Waals surface area contributed by atoms with Gasteiger partial charge in [0.25, 0.3) is 0 Å². The van der Waals surface area contributed by atoms with Gasteiger partial charge in [0.15, 0.2) is 0 Å². The predicted octanol–water partition coefficient (Wildman–Crippen LogP) is 6.19. The molecule has 2 aliphatic rings. The molecule has 36 heavy (non-hydrogen) atoms. The summed E-state index contributed by atoms with van der Waals surface area (Å²) in [6.45, 7) is 1.93. The largest absolute Gasteiger partial charge is 0.457 e. The topological polar surface area (TPSA) is 100 Å². The molecule has 0 radical (unpaired) electrons. The number of nitriles is 1. The van der Waals surface area contributed by atoms with Crippen molar-refractivity contribution in [2.75, 3.05) is 4.90 Å². The Bertz CT molecular complexity index is 1490. The predicted molar refractivity (Wildman–Crippen MR) is 142 cm³/mol. The second kappa shape index (κ2) is 9.55. The fourth-order valence-electron chi connectivity index (χ4n) is 4.45. The van der Waals surface area contributed by atoms with Gasteiger partial charge in [-0.3, -0.25) is 9.59 Å². The normalized spacial score (nSPS) is 21.8. The lowest BCUT2D eigenvalue weighted by atomic mass is 9.84. The molecular weight excluding hydrogens is 517 g/mol. The van der Waals surface area contributed by atoms with E-state index in [1.165, 1.54) is 4.90 Å². The number of carbonyl (C=O) groups is 2. The van der Waals surface area contributed by atoms with E-state index in [-0.39, 0.29) is 22.4 Å². The molecule has 3 aromatic rings. The lowest BCUT2D eigenvalue weighted by molar-refractivity contribution is -0.122. The molecule has 2 aromatic carbocycles. The molecule has 6 nitrogen and oxygen atoms in total. The number of furan rings is 1. The van der Waals surface area contributed by atoms with Crippen LogP contribution in [-0.2, 0) is 9.59 Å². The molecule has 3 heterocycles. The molecule has 0 unspecified atom stereocenters. The van der Waals surface area contributed by atoms with Gasteiger partial charge in [-0.1, -0.05) is 58.7 Å². The molecule has 9 heteroatoms. The number of benzene rings is 2. The van der Waals surface area contributed by atoms with Gasteiger partial charge >= 0.3 is 0 Å². The van der Waals surface area contributed by atoms with Crippen molar-refractivity contribution in [1.82, 2.24) is 0 Å². The average Bonchev–Trinajstić information content (AvgIpc) is 3.40. The fraction of sp³-hybridized carbons (Fsp3) is 0.148. The van der Waals surface area contributed by atoms with E-state index in [2.05, 4.69) is 6.07 Å². The summed E-state index contributed by atoms with van der Waals surface area (Å²) < 4.78 is 5.93. The molecule has 2 amide bonds. The van der Waals surface area contributed by atoms with Crippen LogP contribution < -0.4 is 10.6 Å². The lowest BCUT2D eigenvalue weighted by Gasteiger charge is -2.28. The van der Waals surface area contributed by atoms with Crippen molar-refractivity contribution in [2.45, 2.75) is 12.2 Å². The molecule has 3 atom stereocenters. The summed E-state index contributed by atoms with van der Waals surface area (Å²) in [5, 5.41) is 10.3. The first kappa shape index (κ1) is 24.3. The number of rotatable bonds is 4. The van der Waals surface area contributed by atoms with Crippen molar-refractivity contribution < 1.29 is 14.0 Å². The summed E-state index contributed by atoms with van der Waals surface area (Å²) in [5.74, 6) is -1.10. The number of nitrogens with zero attached hydrogens (tertiary/aromatic N) is 2. The van der Waals surface area contributed by atoms with Crippen LogP contribution in [0.4, 0.5) is 5.69 Å². The van der Waals surface area contributed by atoms with E-state index in [4.69, 9.17) is 33.4 Å². The minimum absolute atomic E-state index is 0.244. The summed E-state index contributed by atoms with van der Waals surface area (Å²) in [7, 11) is 0. The van der Waals surface area contributed by atoms with Crippen LogP contribution in [-0.4, -0.2) is 17.1 Å². The first-order valence-electron chi connectivity index (χ1n) is 11.0. The van der Waals surface area contributed by atoms with Crippen LogP contribution in [0.25, 0.3) is 17.4 Å². The lowest BCUT2D eigenvalue weighted by Crippen LogP contribution is -2.34. The number of anilines is 1. The standard InChI is InChI=1S/C27H19Cl2N3O3S/c1-14-2-5-16(6-3-14)32-26(33)23-18(20(13-30)25(31)36-24(23)27(32)34)10-7-17-8-11-22(35-17)19-9-4-15(28)12-21(19)29/h2-12,18,23-24H,31H2,1H3/b10-7+/t18-,23-,24+/m1/s1. The number of imide groups is 1. The highest BCUT2D eigenvalue weighted by Gasteiger charge is 2.55. The van der Waals surface area contributed by atoms with Crippen molar-refractivity contribution in [3.05, 3.63) is 92.6 Å². The maximum absolute atomic E-state index is 13.5. The summed E-state index contributed by atoms with van der Waals surface area (Å²) >= 11 is 13.4. The summed E-state index contributed by atoms with van der Waals surface area (Å²) in [6, 6.07) is 17.9. The first-order chi connectivity index (χ1) is 17.3. The van der Waals surface area contributed by atoms with Gasteiger partial charge in [-0.2, -0.15) is 5.26 Å². The molecule has 0 bridgehead atoms. The number of hydrogen-bond acceptors (Lipinski definition) is 6. The Labute approximate surface area is 222 Å². The minimum atomic E-state index is -0.762. The minimum Gasteiger partial charge on any atom is -0.457 e. The van der Waals surface area contributed by atoms with Gasteiger partial charge in [-0.15, -0.1) is 0 Å². The number of amides is 2. The molecule has 0 aliphatic carbocycles. The molecule has 2 aliphatic heterocycles. The zero-order valence-electron chi connectivity index (χ0n) is 18.9. The smallest absolute Gasteiger partial charge is 0.248 e. The Morgan fingerprint density at radius 1 is 1.08 bits per heavy atom. The number of halogens is 2. The highest BCUT2D eigenvalue weighted by molar-refractivity contribution is 8.04. The Morgan fingerprint density at radius 2 is 1.83 bits per heavy atom. The van der Waals surface area contributed by atoms with Gasteiger partial charge in [0.1, 0.15) is 16.8 Å². The maximum atomic E-state index is 13.5. The van der Waals surface area contributed by atoms with Gasteiger partial charge < -0.3 is 10.2 Å². The summed E-state index contributed by atoms with van der Waals surface area (Å²) in [6.07, 6.45) is 3.39. The van der Waals surface area contributed by atoms with Crippen LogP contribution in [0.5, 0.6) is 0 Å². The fourth-order valence-corrected chi connectivity index (χ4v) is 6.17. The number of aryl methyl sites for hydroxylation is 1. The van der Waals surface area contributed by atoms with Crippen molar-refractivity contribution in [3.63, 3.8) is 0 Å². The van der Waals surface area contributed by atoms with Gasteiger partial charge in [0.2, 0.25) is 11.8 Å². The van der Waals surface area contributed by atoms with Gasteiger partial charge in [-0.05, 0) is 55.5 Å². The first-order valence-corrected chi connectivity index (χ1v) is 12.7. The van der Waals surface area contributed by atoms with Gasteiger partial charge in [-0.25, -0.2) is 4.90 Å². The third kappa shape index (κ3) is 4.22. The zero-order chi connectivity index (χ0) is 25.6. The molecule has 2 N–H and O–H groups in total. The number of fused-ring (bicyclic) bond motifs is 1. The molecule has 0 spiro atoms. The number of thioether (sulfide) groups is 1. The summed E-state index contributed by atoms with van der Waals surface area (Å²) in [5.41, 5.74) is 8.64. The molecule has 1 saturated heterocycles. The SMILES string of the molecule is Cc1ccc(N2C(=O)[C@@H]3[C@H](/C=C/c4ccc(-c5ccc(Cl)cc5Cl)o4)C(C#N)=C(N)S[C@@H]3C2=O)cc1. The molecule has 5 rings (SSSR count). The van der Waals surface area contributed by atoms with E-state index in [0.29, 0.717) is 32.8 Å². The monoisotopic (exact) mass is 535 g/mol. The van der Waals surface area contributed by atoms with Crippen LogP contribution >= 0.6 is 35.0 Å². The second-order valence-electron chi connectivity index (χ2n) is 8.51. The van der Waals surface area contributed by atoms with Crippen LogP contribution in [0.3, 0.4) is 0 Å².